The number of benzene rings is 1. The minimum Gasteiger partial charge on any atom is -0.480 e. The first-order chi connectivity index (χ1) is 13.7. The van der Waals surface area contributed by atoms with E-state index in [0.717, 1.165) is 17.3 Å². The number of amides is 1. The Kier molecular flexibility index (Phi) is 6.73. The van der Waals surface area contributed by atoms with Crippen molar-refractivity contribution in [2.75, 3.05) is 0 Å². The highest BCUT2D eigenvalue weighted by Gasteiger charge is 2.40. The topological polar surface area (TPSA) is 70.8 Å². The molecule has 1 aromatic carbocycles. The molecule has 1 aliphatic rings. The van der Waals surface area contributed by atoms with Crippen molar-refractivity contribution >= 4 is 69.5 Å². The van der Waals surface area contributed by atoms with Crippen molar-refractivity contribution in [3.63, 3.8) is 0 Å². The number of carboxylic acids is 1. The average molecular weight is 470 g/mol. The number of carbonyl (C=O) groups excluding carboxylic acids is 1. The van der Waals surface area contributed by atoms with E-state index < -0.39 is 17.9 Å². The van der Waals surface area contributed by atoms with Crippen LogP contribution in [0.1, 0.15) is 26.0 Å². The summed E-state index contributed by atoms with van der Waals surface area (Å²) in [5.74, 6) is -0.393. The third-order valence-electron chi connectivity index (χ3n) is 4.22. The summed E-state index contributed by atoms with van der Waals surface area (Å²) in [6.45, 7) is 3.80. The Morgan fingerprint density at radius 3 is 2.62 bits per heavy atom. The lowest BCUT2D eigenvalue weighted by Gasteiger charge is -2.24. The third-order valence-corrected chi connectivity index (χ3v) is 6.29. The molecule has 3 rings (SSSR count). The summed E-state index contributed by atoms with van der Waals surface area (Å²) in [6, 6.07) is 7.62. The van der Waals surface area contributed by atoms with Crippen molar-refractivity contribution in [2.24, 2.45) is 5.92 Å². The molecular weight excluding hydrogens is 453 g/mol. The van der Waals surface area contributed by atoms with Crippen molar-refractivity contribution in [1.29, 1.82) is 0 Å². The summed E-state index contributed by atoms with van der Waals surface area (Å²) >= 11 is 18.3. The predicted molar refractivity (Wildman–Crippen MR) is 120 cm³/mol. The standard InChI is InChI=1S/C20H17Cl2NO4S2/c1-10(2)7-15(19(25)26)23-18(24)17(29-20(23)28)9-12-4-6-16(27-12)11-3-5-13(21)14(22)8-11/h3-6,8-10,15H,7H2,1-2H3,(H,25,26)/b17-9+. The van der Waals surface area contributed by atoms with Crippen molar-refractivity contribution in [3.05, 3.63) is 51.0 Å². The van der Waals surface area contributed by atoms with Gasteiger partial charge in [-0.1, -0.05) is 61.0 Å². The second kappa shape index (κ2) is 8.92. The van der Waals surface area contributed by atoms with Crippen LogP contribution in [0.3, 0.4) is 0 Å². The highest BCUT2D eigenvalue weighted by atomic mass is 35.5. The number of furan rings is 1. The van der Waals surface area contributed by atoms with Crippen LogP contribution in [0.25, 0.3) is 17.4 Å². The van der Waals surface area contributed by atoms with E-state index in [0.29, 0.717) is 32.9 Å². The lowest BCUT2D eigenvalue weighted by molar-refractivity contribution is -0.145. The molecule has 152 valence electrons. The van der Waals surface area contributed by atoms with E-state index in [1.54, 1.807) is 36.4 Å². The molecule has 2 aromatic rings. The molecule has 0 saturated carbocycles. The van der Waals surface area contributed by atoms with Crippen LogP contribution in [-0.4, -0.2) is 32.2 Å². The molecule has 1 atom stereocenters. The van der Waals surface area contributed by atoms with Gasteiger partial charge in [0.25, 0.3) is 5.91 Å². The molecular formula is C20H17Cl2NO4S2. The highest BCUT2D eigenvalue weighted by molar-refractivity contribution is 8.26. The van der Waals surface area contributed by atoms with Gasteiger partial charge in [0, 0.05) is 11.6 Å². The van der Waals surface area contributed by atoms with Crippen molar-refractivity contribution < 1.29 is 19.1 Å². The molecule has 0 radical (unpaired) electrons. The number of nitrogens with zero attached hydrogens (tertiary/aromatic N) is 1. The molecule has 29 heavy (non-hydrogen) atoms. The smallest absolute Gasteiger partial charge is 0.326 e. The summed E-state index contributed by atoms with van der Waals surface area (Å²) in [4.78, 5) is 26.0. The Bertz CT molecular complexity index is 1020. The summed E-state index contributed by atoms with van der Waals surface area (Å²) in [5, 5.41) is 10.4. The third kappa shape index (κ3) is 4.86. The zero-order valence-corrected chi connectivity index (χ0v) is 18.7. The molecule has 2 heterocycles. The maximum atomic E-state index is 12.8. The van der Waals surface area contributed by atoms with E-state index in [2.05, 4.69) is 0 Å². The number of thiocarbonyl (C=S) groups is 1. The molecule has 0 bridgehead atoms. The number of hydrogen-bond acceptors (Lipinski definition) is 5. The minimum absolute atomic E-state index is 0.101. The normalized spacial score (nSPS) is 16.9. The maximum absolute atomic E-state index is 12.8. The van der Waals surface area contributed by atoms with Gasteiger partial charge in [-0.2, -0.15) is 0 Å². The van der Waals surface area contributed by atoms with Crippen LogP contribution < -0.4 is 0 Å². The van der Waals surface area contributed by atoms with Gasteiger partial charge >= 0.3 is 5.97 Å². The second-order valence-corrected chi connectivity index (χ2v) is 9.36. The number of carbonyl (C=O) groups is 2. The quantitative estimate of drug-likeness (QED) is 0.415. The van der Waals surface area contributed by atoms with Gasteiger partial charge in [0.15, 0.2) is 0 Å². The van der Waals surface area contributed by atoms with E-state index >= 15 is 0 Å². The number of thioether (sulfide) groups is 1. The summed E-state index contributed by atoms with van der Waals surface area (Å²) in [6.07, 6.45) is 1.88. The van der Waals surface area contributed by atoms with E-state index in [1.807, 2.05) is 13.8 Å². The number of rotatable bonds is 6. The minimum atomic E-state index is -1.07. The van der Waals surface area contributed by atoms with Gasteiger partial charge in [-0.3, -0.25) is 9.69 Å². The Labute approximate surface area is 187 Å². The molecule has 1 aliphatic heterocycles. The summed E-state index contributed by atoms with van der Waals surface area (Å²) in [7, 11) is 0. The lowest BCUT2D eigenvalue weighted by Crippen LogP contribution is -2.44. The van der Waals surface area contributed by atoms with E-state index in [-0.39, 0.29) is 10.2 Å². The van der Waals surface area contributed by atoms with Crippen LogP contribution in [0.15, 0.2) is 39.7 Å². The molecule has 0 aliphatic carbocycles. The molecule has 1 aromatic heterocycles. The van der Waals surface area contributed by atoms with Crippen LogP contribution in [0.5, 0.6) is 0 Å². The van der Waals surface area contributed by atoms with Crippen LogP contribution in [-0.2, 0) is 9.59 Å². The summed E-state index contributed by atoms with van der Waals surface area (Å²) < 4.78 is 6.02. The molecule has 5 nitrogen and oxygen atoms in total. The Morgan fingerprint density at radius 2 is 2.00 bits per heavy atom. The Hall–Kier alpha value is -1.80. The number of aliphatic carboxylic acids is 1. The number of halogens is 2. The largest absolute Gasteiger partial charge is 0.480 e. The SMILES string of the molecule is CC(C)CC(C(=O)O)N1C(=O)/C(=C\c2ccc(-c3ccc(Cl)c(Cl)c3)o2)SC1=S. The second-order valence-electron chi connectivity index (χ2n) is 6.87. The Balaban J connectivity index is 1.85. The first-order valence-corrected chi connectivity index (χ1v) is 10.7. The fourth-order valence-electron chi connectivity index (χ4n) is 2.88. The molecule has 1 unspecified atom stereocenters. The Morgan fingerprint density at radius 1 is 1.28 bits per heavy atom. The molecule has 0 spiro atoms. The van der Waals surface area contributed by atoms with Gasteiger partial charge in [-0.15, -0.1) is 0 Å². The van der Waals surface area contributed by atoms with Crippen LogP contribution in [0.4, 0.5) is 0 Å². The highest BCUT2D eigenvalue weighted by Crippen LogP contribution is 2.36. The van der Waals surface area contributed by atoms with Crippen molar-refractivity contribution in [3.8, 4) is 11.3 Å². The van der Waals surface area contributed by atoms with Crippen molar-refractivity contribution in [1.82, 2.24) is 4.90 Å². The molecule has 1 amide bonds. The summed E-state index contributed by atoms with van der Waals surface area (Å²) in [5.41, 5.74) is 0.745. The first kappa shape index (κ1) is 21.9. The molecule has 9 heteroatoms. The van der Waals surface area contributed by atoms with Gasteiger partial charge in [-0.25, -0.2) is 4.79 Å². The number of hydrogen-bond donors (Lipinski definition) is 1. The van der Waals surface area contributed by atoms with E-state index in [9.17, 15) is 14.7 Å². The van der Waals surface area contributed by atoms with E-state index in [4.69, 9.17) is 39.8 Å². The predicted octanol–water partition coefficient (Wildman–Crippen LogP) is 5.95. The molecule has 1 fully saturated rings. The average Bonchev–Trinajstić information content (AvgIpc) is 3.20. The fraction of sp³-hybridized carbons (Fsp3) is 0.250. The van der Waals surface area contributed by atoms with Crippen LogP contribution in [0, 0.1) is 5.92 Å². The van der Waals surface area contributed by atoms with Gasteiger partial charge in [0.05, 0.1) is 15.0 Å². The van der Waals surface area contributed by atoms with E-state index in [1.165, 1.54) is 4.90 Å². The van der Waals surface area contributed by atoms with Gasteiger partial charge in [0.2, 0.25) is 0 Å². The zero-order valence-electron chi connectivity index (χ0n) is 15.5. The zero-order chi connectivity index (χ0) is 21.3. The van der Waals surface area contributed by atoms with Crippen molar-refractivity contribution in [2.45, 2.75) is 26.3 Å². The maximum Gasteiger partial charge on any atom is 0.326 e. The molecule has 1 saturated heterocycles. The lowest BCUT2D eigenvalue weighted by atomic mass is 10.0. The number of carboxylic acid groups (broad SMARTS) is 1. The monoisotopic (exact) mass is 469 g/mol. The van der Waals surface area contributed by atoms with Gasteiger partial charge in [0.1, 0.15) is 21.9 Å². The van der Waals surface area contributed by atoms with Crippen LogP contribution in [0.2, 0.25) is 10.0 Å². The molecule has 1 N–H and O–H groups in total. The van der Waals surface area contributed by atoms with Crippen LogP contribution >= 0.6 is 47.2 Å². The van der Waals surface area contributed by atoms with Gasteiger partial charge in [-0.05, 0) is 42.7 Å². The van der Waals surface area contributed by atoms with Gasteiger partial charge < -0.3 is 9.52 Å². The first-order valence-electron chi connectivity index (χ1n) is 8.72. The fourth-order valence-corrected chi connectivity index (χ4v) is 4.51.